The minimum Gasteiger partial charge on any atom is -0.352 e. The van der Waals surface area contributed by atoms with Gasteiger partial charge in [-0.3, -0.25) is 15.2 Å². The number of nitrogens with zero attached hydrogens (tertiary/aromatic N) is 4. The first kappa shape index (κ1) is 16.2. The molecule has 1 amide bonds. The summed E-state index contributed by atoms with van der Waals surface area (Å²) in [5.41, 5.74) is 6.19. The molecule has 0 radical (unpaired) electrons. The van der Waals surface area contributed by atoms with E-state index in [1.165, 1.54) is 11.1 Å². The molecule has 4 rings (SSSR count). The fourth-order valence-electron chi connectivity index (χ4n) is 3.09. The standard InChI is InChI=1S/C19H18N6O/c20-24-19(26)18-22-16(13-4-2-1-3-5-13)10-17(23-18)25-9-7-14-11-21-8-6-15(14)12-25/h1-6,8,10-11H,7,9,12,20H2,(H,24,26). The minimum absolute atomic E-state index is 0.0596. The minimum atomic E-state index is -0.509. The van der Waals surface area contributed by atoms with Gasteiger partial charge in [-0.05, 0) is 23.6 Å². The number of carbonyl (C=O) groups excluding carboxylic acids is 1. The predicted octanol–water partition coefficient (Wildman–Crippen LogP) is 1.70. The third-order valence-electron chi connectivity index (χ3n) is 4.46. The number of pyridine rings is 1. The van der Waals surface area contributed by atoms with E-state index < -0.39 is 5.91 Å². The molecule has 130 valence electrons. The zero-order valence-electron chi connectivity index (χ0n) is 14.1. The second-order valence-electron chi connectivity index (χ2n) is 6.09. The first-order valence-electron chi connectivity index (χ1n) is 8.37. The first-order valence-corrected chi connectivity index (χ1v) is 8.37. The van der Waals surface area contributed by atoms with Gasteiger partial charge in [0.05, 0.1) is 5.69 Å². The Kier molecular flexibility index (Phi) is 4.28. The summed E-state index contributed by atoms with van der Waals surface area (Å²) in [5.74, 6) is 5.54. The molecule has 3 N–H and O–H groups in total. The van der Waals surface area contributed by atoms with Gasteiger partial charge in [-0.15, -0.1) is 0 Å². The number of anilines is 1. The average molecular weight is 346 g/mol. The van der Waals surface area contributed by atoms with Crippen molar-refractivity contribution in [2.45, 2.75) is 13.0 Å². The van der Waals surface area contributed by atoms with Gasteiger partial charge in [0, 0.05) is 37.1 Å². The molecule has 1 aromatic carbocycles. The van der Waals surface area contributed by atoms with Crippen LogP contribution in [0.4, 0.5) is 5.82 Å². The molecule has 0 saturated carbocycles. The van der Waals surface area contributed by atoms with E-state index in [1.807, 2.05) is 48.7 Å². The van der Waals surface area contributed by atoms with Crippen molar-refractivity contribution in [1.82, 2.24) is 20.4 Å². The lowest BCUT2D eigenvalue weighted by atomic mass is 10.0. The molecule has 0 aliphatic carbocycles. The van der Waals surface area contributed by atoms with Gasteiger partial charge in [-0.1, -0.05) is 30.3 Å². The van der Waals surface area contributed by atoms with E-state index in [4.69, 9.17) is 5.84 Å². The molecule has 1 aliphatic heterocycles. The number of nitrogen functional groups attached to an aromatic ring is 1. The Balaban J connectivity index is 1.75. The second kappa shape index (κ2) is 6.89. The van der Waals surface area contributed by atoms with Crippen LogP contribution < -0.4 is 16.2 Å². The number of carbonyl (C=O) groups is 1. The highest BCUT2D eigenvalue weighted by molar-refractivity contribution is 5.91. The third-order valence-corrected chi connectivity index (χ3v) is 4.46. The van der Waals surface area contributed by atoms with Gasteiger partial charge in [0.2, 0.25) is 5.82 Å². The van der Waals surface area contributed by atoms with Crippen LogP contribution in [0.3, 0.4) is 0 Å². The molecule has 3 heterocycles. The first-order chi connectivity index (χ1) is 12.7. The van der Waals surface area contributed by atoms with Crippen molar-refractivity contribution >= 4 is 11.7 Å². The number of nitrogens with one attached hydrogen (secondary N) is 1. The number of rotatable bonds is 3. The Hall–Kier alpha value is -3.32. The molecule has 0 bridgehead atoms. The van der Waals surface area contributed by atoms with Gasteiger partial charge in [0.1, 0.15) is 5.82 Å². The molecule has 0 atom stereocenters. The summed E-state index contributed by atoms with van der Waals surface area (Å²) < 4.78 is 0. The van der Waals surface area contributed by atoms with Crippen molar-refractivity contribution in [3.8, 4) is 11.3 Å². The van der Waals surface area contributed by atoms with Gasteiger partial charge in [0.25, 0.3) is 0 Å². The molecule has 7 nitrogen and oxygen atoms in total. The molecule has 0 saturated heterocycles. The number of hydrogen-bond donors (Lipinski definition) is 2. The SMILES string of the molecule is NNC(=O)c1nc(-c2ccccc2)cc(N2CCc3cnccc3C2)n1. The lowest BCUT2D eigenvalue weighted by Crippen LogP contribution is -2.34. The monoisotopic (exact) mass is 346 g/mol. The van der Waals surface area contributed by atoms with Crippen LogP contribution in [0.25, 0.3) is 11.3 Å². The molecule has 2 aromatic heterocycles. The maximum atomic E-state index is 12.0. The topological polar surface area (TPSA) is 97.0 Å². The van der Waals surface area contributed by atoms with Crippen molar-refractivity contribution in [2.24, 2.45) is 5.84 Å². The van der Waals surface area contributed by atoms with Gasteiger partial charge >= 0.3 is 5.91 Å². The zero-order valence-corrected chi connectivity index (χ0v) is 14.1. The van der Waals surface area contributed by atoms with Crippen LogP contribution in [0, 0.1) is 0 Å². The van der Waals surface area contributed by atoms with Crippen LogP contribution in [-0.4, -0.2) is 27.4 Å². The smallest absolute Gasteiger partial charge is 0.303 e. The third kappa shape index (κ3) is 3.12. The molecular weight excluding hydrogens is 328 g/mol. The van der Waals surface area contributed by atoms with E-state index in [0.29, 0.717) is 18.1 Å². The number of hydrazine groups is 1. The van der Waals surface area contributed by atoms with E-state index in [-0.39, 0.29) is 5.82 Å². The normalized spacial score (nSPS) is 13.2. The van der Waals surface area contributed by atoms with Crippen molar-refractivity contribution in [1.29, 1.82) is 0 Å². The van der Waals surface area contributed by atoms with E-state index >= 15 is 0 Å². The molecule has 1 aliphatic rings. The molecule has 0 unspecified atom stereocenters. The highest BCUT2D eigenvalue weighted by Gasteiger charge is 2.20. The number of aromatic nitrogens is 3. The summed E-state index contributed by atoms with van der Waals surface area (Å²) in [6.45, 7) is 1.51. The summed E-state index contributed by atoms with van der Waals surface area (Å²) in [5, 5.41) is 0. The molecule has 3 aromatic rings. The fraction of sp³-hybridized carbons (Fsp3) is 0.158. The zero-order chi connectivity index (χ0) is 17.9. The fourth-order valence-corrected chi connectivity index (χ4v) is 3.09. The number of amides is 1. The van der Waals surface area contributed by atoms with Crippen LogP contribution in [0.1, 0.15) is 21.7 Å². The van der Waals surface area contributed by atoms with Crippen molar-refractivity contribution in [3.05, 3.63) is 71.8 Å². The summed E-state index contributed by atoms with van der Waals surface area (Å²) in [4.78, 5) is 27.2. The second-order valence-corrected chi connectivity index (χ2v) is 6.09. The van der Waals surface area contributed by atoms with Crippen molar-refractivity contribution < 1.29 is 4.79 Å². The molecule has 7 heteroatoms. The lowest BCUT2D eigenvalue weighted by molar-refractivity contribution is 0.0943. The van der Waals surface area contributed by atoms with Gasteiger partial charge < -0.3 is 4.90 Å². The van der Waals surface area contributed by atoms with Crippen LogP contribution in [0.2, 0.25) is 0 Å². The summed E-state index contributed by atoms with van der Waals surface area (Å²) in [6, 6.07) is 13.6. The summed E-state index contributed by atoms with van der Waals surface area (Å²) in [7, 11) is 0. The van der Waals surface area contributed by atoms with Crippen molar-refractivity contribution in [2.75, 3.05) is 11.4 Å². The number of fused-ring (bicyclic) bond motifs is 1. The summed E-state index contributed by atoms with van der Waals surface area (Å²) in [6.07, 6.45) is 4.59. The van der Waals surface area contributed by atoms with Gasteiger partial charge in [-0.2, -0.15) is 0 Å². The number of benzene rings is 1. The quantitative estimate of drug-likeness (QED) is 0.426. The Morgan fingerprint density at radius 3 is 2.77 bits per heavy atom. The Morgan fingerprint density at radius 2 is 1.96 bits per heavy atom. The van der Waals surface area contributed by atoms with E-state index in [0.717, 1.165) is 18.5 Å². The largest absolute Gasteiger partial charge is 0.352 e. The predicted molar refractivity (Wildman–Crippen MR) is 98.1 cm³/mol. The van der Waals surface area contributed by atoms with Crippen LogP contribution >= 0.6 is 0 Å². The van der Waals surface area contributed by atoms with Crippen LogP contribution in [0.5, 0.6) is 0 Å². The van der Waals surface area contributed by atoms with Crippen LogP contribution in [-0.2, 0) is 13.0 Å². The Bertz CT molecular complexity index is 944. The van der Waals surface area contributed by atoms with Crippen molar-refractivity contribution in [3.63, 3.8) is 0 Å². The molecular formula is C19H18N6O. The Labute approximate surface area is 150 Å². The number of nitrogens with two attached hydrogens (primary N) is 1. The lowest BCUT2D eigenvalue weighted by Gasteiger charge is -2.29. The maximum Gasteiger partial charge on any atom is 0.303 e. The van der Waals surface area contributed by atoms with Crippen LogP contribution in [0.15, 0.2) is 54.9 Å². The van der Waals surface area contributed by atoms with E-state index in [1.54, 1.807) is 6.20 Å². The summed E-state index contributed by atoms with van der Waals surface area (Å²) >= 11 is 0. The molecule has 0 spiro atoms. The van der Waals surface area contributed by atoms with E-state index in [2.05, 4.69) is 25.3 Å². The highest BCUT2D eigenvalue weighted by atomic mass is 16.2. The maximum absolute atomic E-state index is 12.0. The average Bonchev–Trinajstić information content (AvgIpc) is 2.73. The van der Waals surface area contributed by atoms with Gasteiger partial charge in [0.15, 0.2) is 0 Å². The van der Waals surface area contributed by atoms with Gasteiger partial charge in [-0.25, -0.2) is 15.8 Å². The number of hydrogen-bond acceptors (Lipinski definition) is 6. The van der Waals surface area contributed by atoms with E-state index in [9.17, 15) is 4.79 Å². The highest BCUT2D eigenvalue weighted by Crippen LogP contribution is 2.26. The Morgan fingerprint density at radius 1 is 1.12 bits per heavy atom. The molecule has 26 heavy (non-hydrogen) atoms. The molecule has 0 fully saturated rings.